The van der Waals surface area contributed by atoms with Gasteiger partial charge in [0.25, 0.3) is 0 Å². The van der Waals surface area contributed by atoms with Crippen LogP contribution >= 0.6 is 0 Å². The predicted octanol–water partition coefficient (Wildman–Crippen LogP) is 6.19. The van der Waals surface area contributed by atoms with Gasteiger partial charge in [-0.2, -0.15) is 0 Å². The van der Waals surface area contributed by atoms with Crippen LogP contribution in [-0.2, 0) is 6.42 Å². The zero-order chi connectivity index (χ0) is 14.5. The maximum absolute atomic E-state index is 3.53. The summed E-state index contributed by atoms with van der Waals surface area (Å²) in [5.74, 6) is 0. The Morgan fingerprint density at radius 2 is 1.30 bits per heavy atom. The lowest BCUT2D eigenvalue weighted by atomic mass is 10.1. The topological polar surface area (TPSA) is 12.0 Å². The number of hydrogen-bond acceptors (Lipinski definition) is 1. The van der Waals surface area contributed by atoms with Crippen LogP contribution in [0.2, 0.25) is 0 Å². The van der Waals surface area contributed by atoms with Gasteiger partial charge in [-0.1, -0.05) is 77.3 Å². The monoisotopic (exact) mass is 275 g/mol. The minimum absolute atomic E-state index is 1.11. The summed E-state index contributed by atoms with van der Waals surface area (Å²) in [6.45, 7) is 5.62. The van der Waals surface area contributed by atoms with Gasteiger partial charge in [0.05, 0.1) is 0 Å². The highest BCUT2D eigenvalue weighted by Crippen LogP contribution is 2.12. The van der Waals surface area contributed by atoms with Gasteiger partial charge in [-0.25, -0.2) is 0 Å². The van der Waals surface area contributed by atoms with E-state index in [1.54, 1.807) is 0 Å². The van der Waals surface area contributed by atoms with Crippen LogP contribution in [0.3, 0.4) is 0 Å². The Bertz CT molecular complexity index is 315. The maximum Gasteiger partial charge on any atom is 0.0340 e. The molecule has 0 atom stereocenters. The number of rotatable bonds is 12. The molecule has 1 heteroatoms. The largest absolute Gasteiger partial charge is 0.385 e. The molecule has 1 aromatic rings. The van der Waals surface area contributed by atoms with Gasteiger partial charge in [0.15, 0.2) is 0 Å². The SMILES string of the molecule is CCCCCCCCCCNc1ccc(CCC)cc1. The summed E-state index contributed by atoms with van der Waals surface area (Å²) < 4.78 is 0. The summed E-state index contributed by atoms with van der Waals surface area (Å²) in [6.07, 6.45) is 13.5. The van der Waals surface area contributed by atoms with Crippen molar-refractivity contribution in [1.82, 2.24) is 0 Å². The van der Waals surface area contributed by atoms with Gasteiger partial charge in [0, 0.05) is 12.2 Å². The van der Waals surface area contributed by atoms with Gasteiger partial charge < -0.3 is 5.32 Å². The zero-order valence-corrected chi connectivity index (χ0v) is 13.6. The van der Waals surface area contributed by atoms with Crippen LogP contribution in [0.25, 0.3) is 0 Å². The van der Waals surface area contributed by atoms with Crippen LogP contribution in [0, 0.1) is 0 Å². The van der Waals surface area contributed by atoms with E-state index >= 15 is 0 Å². The van der Waals surface area contributed by atoms with Crippen LogP contribution in [-0.4, -0.2) is 6.54 Å². The fraction of sp³-hybridized carbons (Fsp3) is 0.684. The van der Waals surface area contributed by atoms with Gasteiger partial charge in [-0.15, -0.1) is 0 Å². The molecule has 0 unspecified atom stereocenters. The molecule has 0 bridgehead atoms. The number of nitrogens with one attached hydrogen (secondary N) is 1. The van der Waals surface area contributed by atoms with E-state index in [2.05, 4.69) is 43.4 Å². The number of benzene rings is 1. The summed E-state index contributed by atoms with van der Waals surface area (Å²) in [7, 11) is 0. The van der Waals surface area contributed by atoms with Crippen LogP contribution in [0.5, 0.6) is 0 Å². The Balaban J connectivity index is 1.98. The number of aryl methyl sites for hydroxylation is 1. The first-order valence-electron chi connectivity index (χ1n) is 8.69. The first-order valence-corrected chi connectivity index (χ1v) is 8.69. The van der Waals surface area contributed by atoms with E-state index in [1.807, 2.05) is 0 Å². The van der Waals surface area contributed by atoms with E-state index in [1.165, 1.54) is 75.5 Å². The standard InChI is InChI=1S/C19H33N/c1-3-5-6-7-8-9-10-11-17-20-19-15-13-18(12-4-2)14-16-19/h13-16,20H,3-12,17H2,1-2H3. The molecule has 20 heavy (non-hydrogen) atoms. The molecule has 1 rings (SSSR count). The van der Waals surface area contributed by atoms with E-state index in [0.29, 0.717) is 0 Å². The fourth-order valence-corrected chi connectivity index (χ4v) is 2.57. The highest BCUT2D eigenvalue weighted by Gasteiger charge is 1.95. The van der Waals surface area contributed by atoms with E-state index in [4.69, 9.17) is 0 Å². The van der Waals surface area contributed by atoms with Crippen LogP contribution in [0.4, 0.5) is 5.69 Å². The van der Waals surface area contributed by atoms with Crippen molar-refractivity contribution < 1.29 is 0 Å². The Labute approximate surface area is 126 Å². The summed E-state index contributed by atoms with van der Waals surface area (Å²) in [6, 6.07) is 8.94. The van der Waals surface area contributed by atoms with Gasteiger partial charge in [-0.3, -0.25) is 0 Å². The Morgan fingerprint density at radius 3 is 1.90 bits per heavy atom. The molecule has 1 nitrogen and oxygen atoms in total. The molecule has 1 aromatic carbocycles. The molecule has 0 radical (unpaired) electrons. The quantitative estimate of drug-likeness (QED) is 0.448. The van der Waals surface area contributed by atoms with E-state index in [-0.39, 0.29) is 0 Å². The second-order valence-corrected chi connectivity index (χ2v) is 5.85. The maximum atomic E-state index is 3.53. The van der Waals surface area contributed by atoms with Gasteiger partial charge in [0.2, 0.25) is 0 Å². The zero-order valence-electron chi connectivity index (χ0n) is 13.6. The van der Waals surface area contributed by atoms with Crippen molar-refractivity contribution in [3.63, 3.8) is 0 Å². The highest BCUT2D eigenvalue weighted by atomic mass is 14.9. The summed E-state index contributed by atoms with van der Waals surface area (Å²) in [5.41, 5.74) is 2.72. The third kappa shape index (κ3) is 8.24. The van der Waals surface area contributed by atoms with Crippen molar-refractivity contribution in [2.45, 2.75) is 78.1 Å². The van der Waals surface area contributed by atoms with Crippen molar-refractivity contribution in [2.24, 2.45) is 0 Å². The average Bonchev–Trinajstić information content (AvgIpc) is 2.47. The van der Waals surface area contributed by atoms with Gasteiger partial charge >= 0.3 is 0 Å². The Kier molecular flexibility index (Phi) is 10.1. The summed E-state index contributed by atoms with van der Waals surface area (Å²) >= 11 is 0. The molecule has 0 heterocycles. The minimum Gasteiger partial charge on any atom is -0.385 e. The van der Waals surface area contributed by atoms with Gasteiger partial charge in [0.1, 0.15) is 0 Å². The average molecular weight is 275 g/mol. The molecule has 1 N–H and O–H groups in total. The fourth-order valence-electron chi connectivity index (χ4n) is 2.57. The lowest BCUT2D eigenvalue weighted by Gasteiger charge is -2.07. The molecule has 0 aromatic heterocycles. The molecule has 0 aliphatic rings. The molecule has 0 spiro atoms. The minimum atomic E-state index is 1.11. The second kappa shape index (κ2) is 11.8. The molecule has 0 fully saturated rings. The molecule has 0 saturated carbocycles. The first kappa shape index (κ1) is 17.1. The van der Waals surface area contributed by atoms with E-state index < -0.39 is 0 Å². The number of unbranched alkanes of at least 4 members (excludes halogenated alkanes) is 7. The highest BCUT2D eigenvalue weighted by molar-refractivity contribution is 5.44. The van der Waals surface area contributed by atoms with Crippen molar-refractivity contribution in [1.29, 1.82) is 0 Å². The smallest absolute Gasteiger partial charge is 0.0340 e. The molecule has 114 valence electrons. The molecule has 0 aliphatic carbocycles. The molecule has 0 amide bonds. The van der Waals surface area contributed by atoms with Crippen LogP contribution < -0.4 is 5.32 Å². The lowest BCUT2D eigenvalue weighted by Crippen LogP contribution is -2.01. The second-order valence-electron chi connectivity index (χ2n) is 5.85. The van der Waals surface area contributed by atoms with E-state index in [9.17, 15) is 0 Å². The third-order valence-corrected chi connectivity index (χ3v) is 3.85. The van der Waals surface area contributed by atoms with Crippen LogP contribution in [0.1, 0.15) is 77.2 Å². The summed E-state index contributed by atoms with van der Waals surface area (Å²) in [4.78, 5) is 0. The molecular weight excluding hydrogens is 242 g/mol. The Hall–Kier alpha value is -0.980. The first-order chi connectivity index (χ1) is 9.86. The Morgan fingerprint density at radius 1 is 0.700 bits per heavy atom. The van der Waals surface area contributed by atoms with Crippen molar-refractivity contribution in [2.75, 3.05) is 11.9 Å². The van der Waals surface area contributed by atoms with Crippen molar-refractivity contribution in [3.8, 4) is 0 Å². The summed E-state index contributed by atoms with van der Waals surface area (Å²) in [5, 5.41) is 3.53. The van der Waals surface area contributed by atoms with Crippen LogP contribution in [0.15, 0.2) is 24.3 Å². The van der Waals surface area contributed by atoms with Crippen molar-refractivity contribution in [3.05, 3.63) is 29.8 Å². The molecular formula is C19H33N. The van der Waals surface area contributed by atoms with E-state index in [0.717, 1.165) is 6.54 Å². The molecule has 0 saturated heterocycles. The number of anilines is 1. The van der Waals surface area contributed by atoms with Crippen molar-refractivity contribution >= 4 is 5.69 Å². The van der Waals surface area contributed by atoms with Gasteiger partial charge in [-0.05, 0) is 30.5 Å². The lowest BCUT2D eigenvalue weighted by molar-refractivity contribution is 0.581. The predicted molar refractivity (Wildman–Crippen MR) is 91.5 cm³/mol. The molecule has 0 aliphatic heterocycles. The number of hydrogen-bond donors (Lipinski definition) is 1. The third-order valence-electron chi connectivity index (χ3n) is 3.85. The normalized spacial score (nSPS) is 10.7.